The van der Waals surface area contributed by atoms with Gasteiger partial charge in [0.1, 0.15) is 0 Å². The summed E-state index contributed by atoms with van der Waals surface area (Å²) in [4.78, 5) is 10.8. The summed E-state index contributed by atoms with van der Waals surface area (Å²) in [5, 5.41) is 9.46. The molecule has 0 aromatic rings. The summed E-state index contributed by atoms with van der Waals surface area (Å²) in [6.07, 6.45) is 7.72. The van der Waals surface area contributed by atoms with Gasteiger partial charge in [-0.05, 0) is 24.8 Å². The highest BCUT2D eigenvalue weighted by Crippen LogP contribution is 2.37. The molecular formula is C12H18O2. The van der Waals surface area contributed by atoms with Crippen LogP contribution in [-0.2, 0) is 4.79 Å². The van der Waals surface area contributed by atoms with Crippen molar-refractivity contribution in [3.63, 3.8) is 0 Å². The molecule has 0 heterocycles. The summed E-state index contributed by atoms with van der Waals surface area (Å²) in [6.45, 7) is 5.76. The third-order valence-electron chi connectivity index (χ3n) is 2.72. The molecule has 0 spiro atoms. The van der Waals surface area contributed by atoms with E-state index in [2.05, 4.69) is 13.8 Å². The second-order valence-corrected chi connectivity index (χ2v) is 4.64. The highest BCUT2D eigenvalue weighted by molar-refractivity contribution is 5.87. The van der Waals surface area contributed by atoms with Crippen LogP contribution in [0.3, 0.4) is 0 Å². The molecule has 2 heteroatoms. The maximum absolute atomic E-state index is 10.8. The molecule has 1 aliphatic carbocycles. The molecule has 2 atom stereocenters. The Bertz CT molecular complexity index is 274. The van der Waals surface area contributed by atoms with Gasteiger partial charge in [-0.25, -0.2) is 0 Å². The lowest BCUT2D eigenvalue weighted by Crippen LogP contribution is -2.29. The van der Waals surface area contributed by atoms with E-state index < -0.39 is 0 Å². The van der Waals surface area contributed by atoms with Crippen LogP contribution in [0.5, 0.6) is 0 Å². The first-order chi connectivity index (χ1) is 6.42. The van der Waals surface area contributed by atoms with Crippen molar-refractivity contribution in [2.75, 3.05) is 0 Å². The first-order valence-corrected chi connectivity index (χ1v) is 4.97. The van der Waals surface area contributed by atoms with Gasteiger partial charge in [0.2, 0.25) is 0 Å². The maximum Gasteiger partial charge on any atom is 0.152 e. The van der Waals surface area contributed by atoms with Gasteiger partial charge >= 0.3 is 0 Å². The van der Waals surface area contributed by atoms with E-state index in [0.29, 0.717) is 0 Å². The van der Waals surface area contributed by atoms with Crippen molar-refractivity contribution >= 4 is 5.78 Å². The van der Waals surface area contributed by atoms with Gasteiger partial charge in [0, 0.05) is 5.92 Å². The fourth-order valence-corrected chi connectivity index (χ4v) is 1.82. The Morgan fingerprint density at radius 3 is 2.64 bits per heavy atom. The van der Waals surface area contributed by atoms with E-state index in [0.717, 1.165) is 6.42 Å². The van der Waals surface area contributed by atoms with E-state index in [1.807, 2.05) is 12.2 Å². The topological polar surface area (TPSA) is 37.3 Å². The van der Waals surface area contributed by atoms with E-state index in [1.54, 1.807) is 19.1 Å². The summed E-state index contributed by atoms with van der Waals surface area (Å²) >= 11 is 0. The van der Waals surface area contributed by atoms with Crippen molar-refractivity contribution in [1.29, 1.82) is 0 Å². The van der Waals surface area contributed by atoms with Crippen LogP contribution in [0, 0.1) is 11.3 Å². The zero-order valence-electron chi connectivity index (χ0n) is 9.03. The lowest BCUT2D eigenvalue weighted by Gasteiger charge is -2.35. The van der Waals surface area contributed by atoms with Crippen LogP contribution in [0.4, 0.5) is 0 Å². The molecule has 0 fully saturated rings. The quantitative estimate of drug-likeness (QED) is 0.540. The Kier molecular flexibility index (Phi) is 3.27. The summed E-state index contributed by atoms with van der Waals surface area (Å²) in [7, 11) is 0. The number of carbonyl (C=O) groups is 1. The number of aliphatic hydroxyl groups is 1. The summed E-state index contributed by atoms with van der Waals surface area (Å²) in [5.41, 5.74) is 0.0279. The molecule has 1 rings (SSSR count). The smallest absolute Gasteiger partial charge is 0.152 e. The van der Waals surface area contributed by atoms with Crippen molar-refractivity contribution in [2.24, 2.45) is 11.3 Å². The van der Waals surface area contributed by atoms with E-state index in [9.17, 15) is 9.90 Å². The van der Waals surface area contributed by atoms with Crippen LogP contribution in [0.25, 0.3) is 0 Å². The molecule has 14 heavy (non-hydrogen) atoms. The molecule has 1 aliphatic rings. The van der Waals surface area contributed by atoms with Crippen LogP contribution >= 0.6 is 0 Å². The number of rotatable bonds is 2. The van der Waals surface area contributed by atoms with Crippen molar-refractivity contribution in [3.8, 4) is 0 Å². The fraction of sp³-hybridized carbons (Fsp3) is 0.583. The average molecular weight is 194 g/mol. The molecule has 0 aliphatic heterocycles. The Labute approximate surface area is 85.3 Å². The van der Waals surface area contributed by atoms with E-state index in [1.165, 1.54) is 0 Å². The van der Waals surface area contributed by atoms with Crippen molar-refractivity contribution in [3.05, 3.63) is 24.3 Å². The predicted molar refractivity (Wildman–Crippen MR) is 56.9 cm³/mol. The van der Waals surface area contributed by atoms with Gasteiger partial charge in [-0.3, -0.25) is 4.79 Å². The van der Waals surface area contributed by atoms with Gasteiger partial charge in [0.15, 0.2) is 5.78 Å². The minimum atomic E-state index is -0.341. The van der Waals surface area contributed by atoms with Crippen LogP contribution in [0.1, 0.15) is 27.2 Å². The highest BCUT2D eigenvalue weighted by Gasteiger charge is 2.30. The summed E-state index contributed by atoms with van der Waals surface area (Å²) in [5.74, 6) is 0.315. The Hall–Kier alpha value is -0.890. The first kappa shape index (κ1) is 11.2. The van der Waals surface area contributed by atoms with E-state index >= 15 is 0 Å². The molecule has 0 bridgehead atoms. The average Bonchev–Trinajstić information content (AvgIpc) is 2.00. The van der Waals surface area contributed by atoms with Crippen LogP contribution in [-0.4, -0.2) is 17.0 Å². The number of ketones is 1. The van der Waals surface area contributed by atoms with Gasteiger partial charge in [-0.15, -0.1) is 0 Å². The molecule has 0 aromatic heterocycles. The minimum Gasteiger partial charge on any atom is -0.389 e. The third kappa shape index (κ3) is 2.81. The maximum atomic E-state index is 10.8. The number of aliphatic hydroxyl groups excluding tert-OH is 1. The third-order valence-corrected chi connectivity index (χ3v) is 2.72. The van der Waals surface area contributed by atoms with Crippen LogP contribution < -0.4 is 0 Å². The van der Waals surface area contributed by atoms with Crippen molar-refractivity contribution < 1.29 is 9.90 Å². The predicted octanol–water partition coefficient (Wildman–Crippen LogP) is 2.09. The number of hydrogen-bond donors (Lipinski definition) is 1. The van der Waals surface area contributed by atoms with Gasteiger partial charge in [0.05, 0.1) is 6.10 Å². The zero-order valence-corrected chi connectivity index (χ0v) is 9.03. The number of carbonyl (C=O) groups excluding carboxylic acids is 1. The molecule has 0 radical (unpaired) electrons. The van der Waals surface area contributed by atoms with Gasteiger partial charge in [-0.2, -0.15) is 0 Å². The van der Waals surface area contributed by atoms with E-state index in [4.69, 9.17) is 0 Å². The Morgan fingerprint density at radius 2 is 2.14 bits per heavy atom. The first-order valence-electron chi connectivity index (χ1n) is 4.97. The standard InChI is InChI=1S/C12H18O2/c1-9(13)4-5-10-6-7-11(14)8-12(10,2)3/h4-7,10-11,14H,8H2,1-3H3/b5-4+/t10-,11-/m0/s1. The molecule has 2 nitrogen and oxygen atoms in total. The van der Waals surface area contributed by atoms with Crippen LogP contribution in [0.15, 0.2) is 24.3 Å². The molecule has 0 saturated heterocycles. The lowest BCUT2D eigenvalue weighted by molar-refractivity contribution is -0.112. The zero-order chi connectivity index (χ0) is 10.8. The second-order valence-electron chi connectivity index (χ2n) is 4.64. The minimum absolute atomic E-state index is 0.0279. The van der Waals surface area contributed by atoms with Crippen LogP contribution in [0.2, 0.25) is 0 Å². The molecular weight excluding hydrogens is 176 g/mol. The molecule has 0 unspecified atom stereocenters. The molecule has 0 saturated carbocycles. The van der Waals surface area contributed by atoms with Gasteiger partial charge in [-0.1, -0.05) is 32.1 Å². The number of hydrogen-bond acceptors (Lipinski definition) is 2. The molecule has 0 amide bonds. The normalized spacial score (nSPS) is 30.9. The monoisotopic (exact) mass is 194 g/mol. The Morgan fingerprint density at radius 1 is 1.50 bits per heavy atom. The second kappa shape index (κ2) is 4.09. The summed E-state index contributed by atoms with van der Waals surface area (Å²) in [6, 6.07) is 0. The highest BCUT2D eigenvalue weighted by atomic mass is 16.3. The SMILES string of the molecule is CC(=O)/C=C/[C@H]1C=C[C@H](O)CC1(C)C. The molecule has 1 N–H and O–H groups in total. The molecule has 0 aromatic carbocycles. The number of allylic oxidation sites excluding steroid dienone is 3. The van der Waals surface area contributed by atoms with E-state index in [-0.39, 0.29) is 23.2 Å². The van der Waals surface area contributed by atoms with Gasteiger partial charge in [0.25, 0.3) is 0 Å². The largest absolute Gasteiger partial charge is 0.389 e. The lowest BCUT2D eigenvalue weighted by atomic mass is 9.71. The molecule has 78 valence electrons. The van der Waals surface area contributed by atoms with Crippen molar-refractivity contribution in [2.45, 2.75) is 33.3 Å². The van der Waals surface area contributed by atoms with Gasteiger partial charge < -0.3 is 5.11 Å². The fourth-order valence-electron chi connectivity index (χ4n) is 1.82. The summed E-state index contributed by atoms with van der Waals surface area (Å²) < 4.78 is 0. The van der Waals surface area contributed by atoms with Crippen molar-refractivity contribution in [1.82, 2.24) is 0 Å². The Balaban J connectivity index is 2.77.